The number of carbonyl (C=O) groups is 1. The molecule has 10 heteroatoms. The van der Waals surface area contributed by atoms with Crippen molar-refractivity contribution >= 4 is 21.6 Å². The number of sulfone groups is 1. The summed E-state index contributed by atoms with van der Waals surface area (Å²) in [5, 5.41) is 2.67. The third-order valence-electron chi connectivity index (χ3n) is 4.37. The fourth-order valence-corrected chi connectivity index (χ4v) is 3.49. The van der Waals surface area contributed by atoms with E-state index in [1.54, 1.807) is 24.4 Å². The van der Waals surface area contributed by atoms with Gasteiger partial charge in [-0.2, -0.15) is 0 Å². The Bertz CT molecular complexity index is 1360. The molecule has 0 aliphatic carbocycles. The van der Waals surface area contributed by atoms with Crippen molar-refractivity contribution in [3.63, 3.8) is 0 Å². The SMILES string of the molecule is Cc1ccnc(-c2nccc(NC(=O)c3ocnc3-c3ccc(S(C)(=O)=O)cc3)n2)c1. The van der Waals surface area contributed by atoms with Gasteiger partial charge in [-0.3, -0.25) is 9.78 Å². The van der Waals surface area contributed by atoms with E-state index >= 15 is 0 Å². The second kappa shape index (κ2) is 8.07. The Morgan fingerprint density at radius 3 is 2.45 bits per heavy atom. The van der Waals surface area contributed by atoms with Crippen molar-refractivity contribution in [3.05, 3.63) is 72.6 Å². The minimum atomic E-state index is -3.33. The smallest absolute Gasteiger partial charge is 0.294 e. The van der Waals surface area contributed by atoms with Gasteiger partial charge in [0.15, 0.2) is 22.1 Å². The summed E-state index contributed by atoms with van der Waals surface area (Å²) in [6, 6.07) is 11.3. The molecule has 0 aliphatic rings. The van der Waals surface area contributed by atoms with Crippen LogP contribution in [0.15, 0.2) is 70.6 Å². The molecule has 3 heterocycles. The summed E-state index contributed by atoms with van der Waals surface area (Å²) >= 11 is 0. The van der Waals surface area contributed by atoms with Crippen LogP contribution in [0.4, 0.5) is 5.82 Å². The summed E-state index contributed by atoms with van der Waals surface area (Å²) in [6.45, 7) is 1.94. The molecule has 1 aromatic carbocycles. The molecular weight excluding hydrogens is 418 g/mol. The van der Waals surface area contributed by atoms with Gasteiger partial charge in [0.05, 0.1) is 4.90 Å². The molecule has 3 aromatic heterocycles. The lowest BCUT2D eigenvalue weighted by atomic mass is 10.1. The Morgan fingerprint density at radius 1 is 1.00 bits per heavy atom. The summed E-state index contributed by atoms with van der Waals surface area (Å²) in [6.07, 6.45) is 5.46. The number of benzene rings is 1. The van der Waals surface area contributed by atoms with Crippen LogP contribution in [0, 0.1) is 6.92 Å². The molecule has 1 amide bonds. The summed E-state index contributed by atoms with van der Waals surface area (Å²) in [4.78, 5) is 29.8. The molecule has 31 heavy (non-hydrogen) atoms. The van der Waals surface area contributed by atoms with Gasteiger partial charge < -0.3 is 9.73 Å². The zero-order chi connectivity index (χ0) is 22.0. The van der Waals surface area contributed by atoms with Gasteiger partial charge in [-0.05, 0) is 42.8 Å². The first-order chi connectivity index (χ1) is 14.8. The van der Waals surface area contributed by atoms with Crippen LogP contribution in [0.1, 0.15) is 16.1 Å². The first-order valence-corrected chi connectivity index (χ1v) is 11.0. The summed E-state index contributed by atoms with van der Waals surface area (Å²) in [5.41, 5.74) is 2.42. The van der Waals surface area contributed by atoms with Gasteiger partial charge in [0, 0.05) is 24.2 Å². The van der Waals surface area contributed by atoms with Crippen molar-refractivity contribution in [3.8, 4) is 22.8 Å². The van der Waals surface area contributed by atoms with Gasteiger partial charge in [-0.15, -0.1) is 0 Å². The van der Waals surface area contributed by atoms with E-state index < -0.39 is 15.7 Å². The maximum absolute atomic E-state index is 12.8. The Hall–Kier alpha value is -3.92. The standard InChI is InChI=1S/C21H17N5O4S/c1-13-7-9-22-16(11-13)20-23-10-8-17(25-20)26-21(27)19-18(24-12-30-19)14-3-5-15(6-4-14)31(2,28)29/h3-12H,1-2H3,(H,23,25,26,27). The maximum Gasteiger partial charge on any atom is 0.294 e. The Balaban J connectivity index is 1.58. The molecule has 4 rings (SSSR count). The van der Waals surface area contributed by atoms with Crippen molar-refractivity contribution in [2.24, 2.45) is 0 Å². The number of oxazole rings is 1. The largest absolute Gasteiger partial charge is 0.438 e. The summed E-state index contributed by atoms with van der Waals surface area (Å²) in [7, 11) is -3.33. The van der Waals surface area contributed by atoms with Crippen LogP contribution < -0.4 is 5.32 Å². The third kappa shape index (κ3) is 4.48. The molecule has 0 unspecified atom stereocenters. The van der Waals surface area contributed by atoms with Crippen LogP contribution in [0.2, 0.25) is 0 Å². The second-order valence-corrected chi connectivity index (χ2v) is 8.78. The van der Waals surface area contributed by atoms with E-state index in [9.17, 15) is 13.2 Å². The van der Waals surface area contributed by atoms with Crippen LogP contribution in [0.3, 0.4) is 0 Å². The van der Waals surface area contributed by atoms with E-state index in [2.05, 4.69) is 25.3 Å². The van der Waals surface area contributed by atoms with Gasteiger partial charge in [-0.1, -0.05) is 12.1 Å². The molecule has 0 fully saturated rings. The van der Waals surface area contributed by atoms with Gasteiger partial charge >= 0.3 is 0 Å². The van der Waals surface area contributed by atoms with Gasteiger partial charge in [0.25, 0.3) is 5.91 Å². The molecular formula is C21H17N5O4S. The fraction of sp³-hybridized carbons (Fsp3) is 0.0952. The Kier molecular flexibility index (Phi) is 5.30. The van der Waals surface area contributed by atoms with E-state index in [0.717, 1.165) is 18.2 Å². The second-order valence-electron chi connectivity index (χ2n) is 6.76. The number of rotatable bonds is 5. The fourth-order valence-electron chi connectivity index (χ4n) is 2.86. The van der Waals surface area contributed by atoms with Gasteiger partial charge in [0.1, 0.15) is 17.2 Å². The molecule has 4 aromatic rings. The molecule has 0 radical (unpaired) electrons. The molecule has 9 nitrogen and oxygen atoms in total. The van der Waals surface area contributed by atoms with Crippen LogP contribution in [-0.2, 0) is 9.84 Å². The summed E-state index contributed by atoms with van der Waals surface area (Å²) in [5.74, 6) is 0.0613. The Labute approximate surface area is 178 Å². The van der Waals surface area contributed by atoms with Crippen LogP contribution in [-0.4, -0.2) is 40.5 Å². The molecule has 156 valence electrons. The monoisotopic (exact) mass is 435 g/mol. The average Bonchev–Trinajstić information content (AvgIpc) is 3.24. The highest BCUT2D eigenvalue weighted by Crippen LogP contribution is 2.25. The number of carbonyl (C=O) groups excluding carboxylic acids is 1. The topological polar surface area (TPSA) is 128 Å². The average molecular weight is 435 g/mol. The predicted octanol–water partition coefficient (Wildman–Crippen LogP) is 3.16. The number of aromatic nitrogens is 4. The highest BCUT2D eigenvalue weighted by Gasteiger charge is 2.20. The molecule has 0 aliphatic heterocycles. The predicted molar refractivity (Wildman–Crippen MR) is 113 cm³/mol. The lowest BCUT2D eigenvalue weighted by Crippen LogP contribution is -2.13. The number of anilines is 1. The van der Waals surface area contributed by atoms with Gasteiger partial charge in [-0.25, -0.2) is 23.4 Å². The van der Waals surface area contributed by atoms with Crippen LogP contribution in [0.25, 0.3) is 22.8 Å². The molecule has 0 spiro atoms. The Morgan fingerprint density at radius 2 is 1.74 bits per heavy atom. The highest BCUT2D eigenvalue weighted by molar-refractivity contribution is 7.90. The molecule has 0 saturated heterocycles. The van der Waals surface area contributed by atoms with E-state index in [4.69, 9.17) is 4.42 Å². The number of pyridine rings is 1. The van der Waals surface area contributed by atoms with E-state index in [1.165, 1.54) is 18.3 Å². The van der Waals surface area contributed by atoms with Crippen LogP contribution in [0.5, 0.6) is 0 Å². The normalized spacial score (nSPS) is 11.3. The quantitative estimate of drug-likeness (QED) is 0.506. The summed E-state index contributed by atoms with van der Waals surface area (Å²) < 4.78 is 28.6. The molecule has 0 bridgehead atoms. The van der Waals surface area contributed by atoms with Gasteiger partial charge in [0.2, 0.25) is 5.76 Å². The molecule has 0 saturated carbocycles. The van der Waals surface area contributed by atoms with E-state index in [0.29, 0.717) is 17.1 Å². The van der Waals surface area contributed by atoms with Crippen molar-refractivity contribution in [2.45, 2.75) is 11.8 Å². The number of aryl methyl sites for hydroxylation is 1. The number of hydrogen-bond donors (Lipinski definition) is 1. The highest BCUT2D eigenvalue weighted by atomic mass is 32.2. The number of amides is 1. The minimum absolute atomic E-state index is 0.0269. The van der Waals surface area contributed by atoms with E-state index in [-0.39, 0.29) is 22.2 Å². The number of hydrogen-bond acceptors (Lipinski definition) is 8. The van der Waals surface area contributed by atoms with Crippen molar-refractivity contribution < 1.29 is 17.6 Å². The molecule has 1 N–H and O–H groups in total. The lowest BCUT2D eigenvalue weighted by molar-refractivity contribution is 0.0997. The van der Waals surface area contributed by atoms with Crippen molar-refractivity contribution in [1.82, 2.24) is 19.9 Å². The third-order valence-corrected chi connectivity index (χ3v) is 5.50. The van der Waals surface area contributed by atoms with Crippen molar-refractivity contribution in [1.29, 1.82) is 0 Å². The number of nitrogens with one attached hydrogen (secondary N) is 1. The van der Waals surface area contributed by atoms with E-state index in [1.807, 2.05) is 19.1 Å². The minimum Gasteiger partial charge on any atom is -0.438 e. The first kappa shape index (κ1) is 20.4. The number of nitrogens with zero attached hydrogens (tertiary/aromatic N) is 4. The zero-order valence-electron chi connectivity index (χ0n) is 16.6. The molecule has 0 atom stereocenters. The lowest BCUT2D eigenvalue weighted by Gasteiger charge is -2.06. The van der Waals surface area contributed by atoms with Crippen LogP contribution >= 0.6 is 0 Å². The zero-order valence-corrected chi connectivity index (χ0v) is 17.4. The first-order valence-electron chi connectivity index (χ1n) is 9.13. The van der Waals surface area contributed by atoms with Crippen molar-refractivity contribution in [2.75, 3.05) is 11.6 Å². The maximum atomic E-state index is 12.8.